The normalized spacial score (nSPS) is 11.5. The van der Waals surface area contributed by atoms with Gasteiger partial charge in [-0.05, 0) is 55.0 Å². The number of hydrogen-bond donors (Lipinski definition) is 2. The zero-order valence-corrected chi connectivity index (χ0v) is 20.9. The van der Waals surface area contributed by atoms with Crippen LogP contribution in [0.25, 0.3) is 11.0 Å². The highest BCUT2D eigenvalue weighted by atomic mass is 19.4. The number of aromatic nitrogens is 4. The van der Waals surface area contributed by atoms with Crippen molar-refractivity contribution in [3.05, 3.63) is 90.0 Å². The van der Waals surface area contributed by atoms with Crippen LogP contribution in [0.1, 0.15) is 27.5 Å². The summed E-state index contributed by atoms with van der Waals surface area (Å²) < 4.78 is 51.8. The molecular formula is C27H23F3N6O3. The first-order valence-corrected chi connectivity index (χ1v) is 11.9. The van der Waals surface area contributed by atoms with Crippen LogP contribution in [0.2, 0.25) is 0 Å². The maximum absolute atomic E-state index is 13.0. The number of alkyl halides is 3. The van der Waals surface area contributed by atoms with Crippen LogP contribution in [0, 0.1) is 13.8 Å². The number of halogens is 3. The van der Waals surface area contributed by atoms with Crippen molar-refractivity contribution in [1.82, 2.24) is 24.8 Å². The Morgan fingerprint density at radius 2 is 1.95 bits per heavy atom. The predicted octanol–water partition coefficient (Wildman–Crippen LogP) is 6.02. The number of benzene rings is 2. The van der Waals surface area contributed by atoms with Crippen LogP contribution >= 0.6 is 0 Å². The quantitative estimate of drug-likeness (QED) is 0.250. The Balaban J connectivity index is 1.30. The molecule has 2 N–H and O–H groups in total. The SMILES string of the molecule is Cc1nc(C(=O)NCCn2ccc3ncnc(Nc4ccc(Oc5cccc(C(F)(F)F)c5)c(C)c4)c32)co1. The first-order valence-electron chi connectivity index (χ1n) is 11.9. The Hall–Kier alpha value is -4.87. The number of carbonyl (C=O) groups is 1. The molecule has 0 atom stereocenters. The van der Waals surface area contributed by atoms with Crippen molar-refractivity contribution in [1.29, 1.82) is 0 Å². The number of hydrogen-bond acceptors (Lipinski definition) is 7. The second kappa shape index (κ2) is 10.5. The number of rotatable bonds is 8. The zero-order chi connectivity index (χ0) is 27.6. The Bertz CT molecular complexity index is 1640. The van der Waals surface area contributed by atoms with E-state index in [1.165, 1.54) is 24.7 Å². The first-order chi connectivity index (χ1) is 18.7. The van der Waals surface area contributed by atoms with Crippen LogP contribution in [0.15, 0.2) is 71.7 Å². The van der Waals surface area contributed by atoms with Gasteiger partial charge in [0.25, 0.3) is 5.91 Å². The van der Waals surface area contributed by atoms with E-state index in [0.717, 1.165) is 17.6 Å². The fourth-order valence-corrected chi connectivity index (χ4v) is 4.00. The lowest BCUT2D eigenvalue weighted by Gasteiger charge is -2.14. The molecule has 12 heteroatoms. The Morgan fingerprint density at radius 3 is 2.69 bits per heavy atom. The van der Waals surface area contributed by atoms with Crippen molar-refractivity contribution in [3.8, 4) is 11.5 Å². The first kappa shape index (κ1) is 25.8. The van der Waals surface area contributed by atoms with E-state index in [-0.39, 0.29) is 17.4 Å². The molecule has 0 unspecified atom stereocenters. The molecule has 5 aromatic rings. The topological polar surface area (TPSA) is 107 Å². The van der Waals surface area contributed by atoms with Gasteiger partial charge in [0.1, 0.15) is 29.6 Å². The summed E-state index contributed by atoms with van der Waals surface area (Å²) in [6, 6.07) is 11.8. The smallest absolute Gasteiger partial charge is 0.416 e. The van der Waals surface area contributed by atoms with Crippen molar-refractivity contribution < 1.29 is 27.1 Å². The number of oxazole rings is 1. The molecule has 3 aromatic heterocycles. The van der Waals surface area contributed by atoms with Crippen molar-refractivity contribution >= 4 is 28.4 Å². The van der Waals surface area contributed by atoms with Crippen molar-refractivity contribution in [2.45, 2.75) is 26.6 Å². The molecule has 200 valence electrons. The molecule has 0 saturated heterocycles. The van der Waals surface area contributed by atoms with E-state index in [0.29, 0.717) is 47.3 Å². The van der Waals surface area contributed by atoms with E-state index in [1.807, 2.05) is 22.9 Å². The predicted molar refractivity (Wildman–Crippen MR) is 137 cm³/mol. The third-order valence-corrected chi connectivity index (χ3v) is 5.87. The molecule has 9 nitrogen and oxygen atoms in total. The van der Waals surface area contributed by atoms with Gasteiger partial charge in [-0.3, -0.25) is 4.79 Å². The van der Waals surface area contributed by atoms with Gasteiger partial charge >= 0.3 is 6.18 Å². The van der Waals surface area contributed by atoms with Crippen molar-refractivity contribution in [2.75, 3.05) is 11.9 Å². The summed E-state index contributed by atoms with van der Waals surface area (Å²) in [5, 5.41) is 6.09. The molecule has 0 aliphatic carbocycles. The lowest BCUT2D eigenvalue weighted by Crippen LogP contribution is -2.27. The van der Waals surface area contributed by atoms with Gasteiger partial charge < -0.3 is 24.4 Å². The maximum Gasteiger partial charge on any atom is 0.416 e. The maximum atomic E-state index is 13.0. The van der Waals surface area contributed by atoms with Gasteiger partial charge in [0.15, 0.2) is 17.4 Å². The molecule has 0 fully saturated rings. The van der Waals surface area contributed by atoms with Crippen LogP contribution in [0.5, 0.6) is 11.5 Å². The highest BCUT2D eigenvalue weighted by Crippen LogP contribution is 2.34. The molecule has 0 radical (unpaired) electrons. The van der Waals surface area contributed by atoms with Crippen LogP contribution in [-0.4, -0.2) is 32.0 Å². The number of ether oxygens (including phenoxy) is 1. The van der Waals surface area contributed by atoms with Gasteiger partial charge in [-0.1, -0.05) is 6.07 Å². The van der Waals surface area contributed by atoms with E-state index in [1.54, 1.807) is 26.0 Å². The summed E-state index contributed by atoms with van der Waals surface area (Å²) in [6.45, 7) is 4.25. The van der Waals surface area contributed by atoms with Gasteiger partial charge in [-0.2, -0.15) is 13.2 Å². The summed E-state index contributed by atoms with van der Waals surface area (Å²) in [5.41, 5.74) is 2.30. The van der Waals surface area contributed by atoms with E-state index in [4.69, 9.17) is 9.15 Å². The highest BCUT2D eigenvalue weighted by molar-refractivity contribution is 5.92. The standard InChI is InChI=1S/C27H23F3N6O3/c1-16-12-19(6-7-23(16)39-20-5-3-4-18(13-20)27(28,29)30)35-25-24-21(32-15-33-25)8-10-36(24)11-9-31-26(37)22-14-38-17(2)34-22/h3-8,10,12-15H,9,11H2,1-2H3,(H,31,37)(H,32,33,35). The third-order valence-electron chi connectivity index (χ3n) is 5.87. The minimum absolute atomic E-state index is 0.0924. The Morgan fingerprint density at radius 1 is 1.10 bits per heavy atom. The largest absolute Gasteiger partial charge is 0.457 e. The zero-order valence-electron chi connectivity index (χ0n) is 20.9. The molecule has 5 rings (SSSR count). The summed E-state index contributed by atoms with van der Waals surface area (Å²) in [7, 11) is 0. The molecular weight excluding hydrogens is 513 g/mol. The van der Waals surface area contributed by atoms with Crippen molar-refractivity contribution in [2.24, 2.45) is 0 Å². The van der Waals surface area contributed by atoms with Gasteiger partial charge in [0.2, 0.25) is 0 Å². The molecule has 39 heavy (non-hydrogen) atoms. The summed E-state index contributed by atoms with van der Waals surface area (Å²) in [6.07, 6.45) is 0.157. The van der Waals surface area contributed by atoms with Gasteiger partial charge in [0, 0.05) is 31.9 Å². The number of nitrogens with zero attached hydrogens (tertiary/aromatic N) is 4. The monoisotopic (exact) mass is 536 g/mol. The fraction of sp³-hybridized carbons (Fsp3) is 0.185. The van der Waals surface area contributed by atoms with Gasteiger partial charge in [-0.25, -0.2) is 15.0 Å². The van der Waals surface area contributed by atoms with Crippen LogP contribution in [0.3, 0.4) is 0 Å². The minimum atomic E-state index is -4.45. The van der Waals surface area contributed by atoms with Gasteiger partial charge in [0.05, 0.1) is 11.1 Å². The molecule has 0 spiro atoms. The molecule has 2 aromatic carbocycles. The number of aryl methyl sites for hydroxylation is 2. The third kappa shape index (κ3) is 5.84. The van der Waals surface area contributed by atoms with Crippen molar-refractivity contribution in [3.63, 3.8) is 0 Å². The van der Waals surface area contributed by atoms with Crippen LogP contribution < -0.4 is 15.4 Å². The number of amides is 1. The average Bonchev–Trinajstić information content (AvgIpc) is 3.52. The fourth-order valence-electron chi connectivity index (χ4n) is 4.00. The number of fused-ring (bicyclic) bond motifs is 1. The highest BCUT2D eigenvalue weighted by Gasteiger charge is 2.30. The van der Waals surface area contributed by atoms with Gasteiger partial charge in [-0.15, -0.1) is 0 Å². The Kier molecular flexibility index (Phi) is 6.92. The molecule has 0 aliphatic heterocycles. The molecule has 0 bridgehead atoms. The molecule has 0 aliphatic rings. The molecule has 1 amide bonds. The molecule has 0 saturated carbocycles. The van der Waals surface area contributed by atoms with E-state index >= 15 is 0 Å². The number of carbonyl (C=O) groups excluding carboxylic acids is 1. The average molecular weight is 537 g/mol. The summed E-state index contributed by atoms with van der Waals surface area (Å²) in [5.74, 6) is 1.15. The molecule has 3 heterocycles. The Labute approximate surface area is 220 Å². The van der Waals surface area contributed by atoms with E-state index < -0.39 is 11.7 Å². The second-order valence-electron chi connectivity index (χ2n) is 8.71. The lowest BCUT2D eigenvalue weighted by molar-refractivity contribution is -0.137. The number of nitrogens with one attached hydrogen (secondary N) is 2. The van der Waals surface area contributed by atoms with Crippen LogP contribution in [-0.2, 0) is 12.7 Å². The van der Waals surface area contributed by atoms with E-state index in [9.17, 15) is 18.0 Å². The second-order valence-corrected chi connectivity index (χ2v) is 8.71. The lowest BCUT2D eigenvalue weighted by atomic mass is 10.2. The summed E-state index contributed by atoms with van der Waals surface area (Å²) in [4.78, 5) is 25.0. The number of anilines is 2. The summed E-state index contributed by atoms with van der Waals surface area (Å²) >= 11 is 0. The van der Waals surface area contributed by atoms with E-state index in [2.05, 4.69) is 25.6 Å². The minimum Gasteiger partial charge on any atom is -0.457 e. The van der Waals surface area contributed by atoms with Crippen LogP contribution in [0.4, 0.5) is 24.7 Å².